The van der Waals surface area contributed by atoms with Crippen molar-refractivity contribution in [3.05, 3.63) is 34.9 Å². The van der Waals surface area contributed by atoms with Gasteiger partial charge in [0.25, 0.3) is 5.91 Å². The summed E-state index contributed by atoms with van der Waals surface area (Å²) in [4.78, 5) is 12.8. The molecule has 1 saturated carbocycles. The molecule has 0 saturated heterocycles. The molecular formula is C16H20BrNO. The molecular weight excluding hydrogens is 302 g/mol. The molecule has 0 spiro atoms. The van der Waals surface area contributed by atoms with E-state index in [2.05, 4.69) is 33.4 Å². The predicted octanol–water partition coefficient (Wildman–Crippen LogP) is 3.47. The Morgan fingerprint density at radius 1 is 1.26 bits per heavy atom. The smallest absolute Gasteiger partial charge is 0.251 e. The Morgan fingerprint density at radius 3 is 2.89 bits per heavy atom. The summed E-state index contributed by atoms with van der Waals surface area (Å²) in [6, 6.07) is 6.18. The average molecular weight is 322 g/mol. The number of amides is 1. The highest BCUT2D eigenvalue weighted by molar-refractivity contribution is 9.09. The normalized spacial score (nSPS) is 25.3. The van der Waals surface area contributed by atoms with E-state index in [9.17, 15) is 4.79 Å². The van der Waals surface area contributed by atoms with Crippen LogP contribution in [0.4, 0.5) is 0 Å². The SMILES string of the molecule is O=C(NCC1CCC(Br)C1)c1ccc2c(c1)CCC2. The fourth-order valence-electron chi connectivity index (χ4n) is 3.25. The number of alkyl halides is 1. The van der Waals surface area contributed by atoms with Crippen LogP contribution in [-0.2, 0) is 12.8 Å². The highest BCUT2D eigenvalue weighted by Crippen LogP contribution is 2.30. The van der Waals surface area contributed by atoms with Crippen molar-refractivity contribution < 1.29 is 4.79 Å². The molecule has 1 aromatic rings. The zero-order chi connectivity index (χ0) is 13.2. The van der Waals surface area contributed by atoms with Crippen LogP contribution in [0.25, 0.3) is 0 Å². The molecule has 2 atom stereocenters. The van der Waals surface area contributed by atoms with Crippen molar-refractivity contribution in [2.45, 2.75) is 43.4 Å². The van der Waals surface area contributed by atoms with Crippen LogP contribution in [0.1, 0.15) is 47.2 Å². The summed E-state index contributed by atoms with van der Waals surface area (Å²) in [6.07, 6.45) is 7.18. The molecule has 0 radical (unpaired) electrons. The maximum absolute atomic E-state index is 12.2. The molecule has 0 aliphatic heterocycles. The lowest BCUT2D eigenvalue weighted by atomic mass is 10.1. The van der Waals surface area contributed by atoms with Gasteiger partial charge in [0.05, 0.1) is 0 Å². The van der Waals surface area contributed by atoms with E-state index in [1.165, 1.54) is 43.2 Å². The molecule has 0 heterocycles. The lowest BCUT2D eigenvalue weighted by Gasteiger charge is -2.11. The van der Waals surface area contributed by atoms with Crippen LogP contribution >= 0.6 is 15.9 Å². The molecule has 102 valence electrons. The molecule has 1 amide bonds. The first kappa shape index (κ1) is 13.2. The summed E-state index contributed by atoms with van der Waals surface area (Å²) in [6.45, 7) is 0.817. The van der Waals surface area contributed by atoms with E-state index in [1.807, 2.05) is 6.07 Å². The third-order valence-corrected chi connectivity index (χ3v) is 5.22. The lowest BCUT2D eigenvalue weighted by Crippen LogP contribution is -2.28. The van der Waals surface area contributed by atoms with Crippen LogP contribution in [0.15, 0.2) is 18.2 Å². The number of carbonyl (C=O) groups is 1. The van der Waals surface area contributed by atoms with Gasteiger partial charge in [0.1, 0.15) is 0 Å². The number of carbonyl (C=O) groups excluding carboxylic acids is 1. The molecule has 1 fully saturated rings. The van der Waals surface area contributed by atoms with E-state index in [4.69, 9.17) is 0 Å². The number of rotatable bonds is 3. The highest BCUT2D eigenvalue weighted by atomic mass is 79.9. The summed E-state index contributed by atoms with van der Waals surface area (Å²) in [5, 5.41) is 3.09. The highest BCUT2D eigenvalue weighted by Gasteiger charge is 2.23. The quantitative estimate of drug-likeness (QED) is 0.848. The van der Waals surface area contributed by atoms with E-state index >= 15 is 0 Å². The Hall–Kier alpha value is -0.830. The van der Waals surface area contributed by atoms with Gasteiger partial charge in [0.15, 0.2) is 0 Å². The second-order valence-electron chi connectivity index (χ2n) is 5.82. The second-order valence-corrected chi connectivity index (χ2v) is 7.12. The largest absolute Gasteiger partial charge is 0.352 e. The minimum Gasteiger partial charge on any atom is -0.352 e. The van der Waals surface area contributed by atoms with E-state index in [1.54, 1.807) is 0 Å². The molecule has 1 aromatic carbocycles. The Morgan fingerprint density at radius 2 is 2.11 bits per heavy atom. The van der Waals surface area contributed by atoms with Gasteiger partial charge in [-0.2, -0.15) is 0 Å². The van der Waals surface area contributed by atoms with E-state index in [0.717, 1.165) is 18.5 Å². The van der Waals surface area contributed by atoms with Gasteiger partial charge >= 0.3 is 0 Å². The van der Waals surface area contributed by atoms with Gasteiger partial charge in [0.2, 0.25) is 0 Å². The van der Waals surface area contributed by atoms with Crippen LogP contribution < -0.4 is 5.32 Å². The van der Waals surface area contributed by atoms with Crippen LogP contribution in [0.3, 0.4) is 0 Å². The fraction of sp³-hybridized carbons (Fsp3) is 0.562. The minimum atomic E-state index is 0.0905. The molecule has 2 nitrogen and oxygen atoms in total. The molecule has 0 bridgehead atoms. The zero-order valence-electron chi connectivity index (χ0n) is 11.1. The van der Waals surface area contributed by atoms with Crippen molar-refractivity contribution in [1.29, 1.82) is 0 Å². The molecule has 3 heteroatoms. The Balaban J connectivity index is 1.58. The van der Waals surface area contributed by atoms with Crippen LogP contribution in [0.5, 0.6) is 0 Å². The number of hydrogen-bond acceptors (Lipinski definition) is 1. The monoisotopic (exact) mass is 321 g/mol. The predicted molar refractivity (Wildman–Crippen MR) is 80.9 cm³/mol. The maximum Gasteiger partial charge on any atom is 0.251 e. The summed E-state index contributed by atoms with van der Waals surface area (Å²) in [5.41, 5.74) is 3.62. The number of halogens is 1. The first-order valence-corrected chi connectivity index (χ1v) is 8.18. The summed E-state index contributed by atoms with van der Waals surface area (Å²) in [5.74, 6) is 0.732. The number of nitrogens with one attached hydrogen (secondary N) is 1. The molecule has 2 unspecified atom stereocenters. The summed E-state index contributed by atoms with van der Waals surface area (Å²) in [7, 11) is 0. The van der Waals surface area contributed by atoms with Gasteiger partial charge in [0, 0.05) is 16.9 Å². The number of hydrogen-bond donors (Lipinski definition) is 1. The van der Waals surface area contributed by atoms with Gasteiger partial charge in [-0.25, -0.2) is 0 Å². The number of fused-ring (bicyclic) bond motifs is 1. The van der Waals surface area contributed by atoms with Crippen LogP contribution in [0, 0.1) is 5.92 Å². The van der Waals surface area contributed by atoms with Crippen LogP contribution in [0.2, 0.25) is 0 Å². The molecule has 2 aliphatic rings. The zero-order valence-corrected chi connectivity index (χ0v) is 12.7. The average Bonchev–Trinajstić information content (AvgIpc) is 3.03. The van der Waals surface area contributed by atoms with Gasteiger partial charge in [-0.05, 0) is 67.7 Å². The van der Waals surface area contributed by atoms with Gasteiger partial charge in [-0.15, -0.1) is 0 Å². The maximum atomic E-state index is 12.2. The van der Waals surface area contributed by atoms with Crippen molar-refractivity contribution in [2.24, 2.45) is 5.92 Å². The third kappa shape index (κ3) is 3.02. The topological polar surface area (TPSA) is 29.1 Å². The van der Waals surface area contributed by atoms with Gasteiger partial charge < -0.3 is 5.32 Å². The molecule has 2 aliphatic carbocycles. The molecule has 1 N–H and O–H groups in total. The van der Waals surface area contributed by atoms with Crippen molar-refractivity contribution in [2.75, 3.05) is 6.54 Å². The fourth-order valence-corrected chi connectivity index (χ4v) is 4.04. The molecule has 3 rings (SSSR count). The van der Waals surface area contributed by atoms with E-state index in [-0.39, 0.29) is 5.91 Å². The van der Waals surface area contributed by atoms with Crippen molar-refractivity contribution in [1.82, 2.24) is 5.32 Å². The van der Waals surface area contributed by atoms with Gasteiger partial charge in [-0.1, -0.05) is 22.0 Å². The van der Waals surface area contributed by atoms with E-state index in [0.29, 0.717) is 10.7 Å². The van der Waals surface area contributed by atoms with Crippen molar-refractivity contribution >= 4 is 21.8 Å². The second kappa shape index (κ2) is 5.66. The minimum absolute atomic E-state index is 0.0905. The Kier molecular flexibility index (Phi) is 3.92. The van der Waals surface area contributed by atoms with Crippen molar-refractivity contribution in [3.63, 3.8) is 0 Å². The Bertz CT molecular complexity index is 486. The first-order chi connectivity index (χ1) is 9.22. The van der Waals surface area contributed by atoms with E-state index < -0.39 is 0 Å². The van der Waals surface area contributed by atoms with Crippen LogP contribution in [-0.4, -0.2) is 17.3 Å². The summed E-state index contributed by atoms with van der Waals surface area (Å²) < 4.78 is 0. The first-order valence-electron chi connectivity index (χ1n) is 7.26. The molecule has 19 heavy (non-hydrogen) atoms. The Labute approximate surface area is 123 Å². The standard InChI is InChI=1S/C16H20BrNO/c17-15-7-4-11(8-15)10-18-16(19)14-6-5-12-2-1-3-13(12)9-14/h5-6,9,11,15H,1-4,7-8,10H2,(H,18,19). The molecule has 0 aromatic heterocycles. The number of aryl methyl sites for hydroxylation is 2. The lowest BCUT2D eigenvalue weighted by molar-refractivity contribution is 0.0947. The van der Waals surface area contributed by atoms with Crippen molar-refractivity contribution in [3.8, 4) is 0 Å². The van der Waals surface area contributed by atoms with Gasteiger partial charge in [-0.3, -0.25) is 4.79 Å². The summed E-state index contributed by atoms with van der Waals surface area (Å²) >= 11 is 3.65. The number of benzene rings is 1. The third-order valence-electron chi connectivity index (χ3n) is 4.39.